The number of fused-ring (bicyclic) bond motifs is 1. The van der Waals surface area contributed by atoms with Gasteiger partial charge in [-0.3, -0.25) is 4.79 Å². The molecule has 1 saturated heterocycles. The van der Waals surface area contributed by atoms with E-state index in [9.17, 15) is 18.0 Å². The van der Waals surface area contributed by atoms with E-state index in [1.54, 1.807) is 10.7 Å². The van der Waals surface area contributed by atoms with Gasteiger partial charge in [-0.25, -0.2) is 4.52 Å². The van der Waals surface area contributed by atoms with Crippen molar-refractivity contribution in [3.05, 3.63) is 35.7 Å². The minimum Gasteiger partial charge on any atom is -0.339 e. The van der Waals surface area contributed by atoms with E-state index in [-0.39, 0.29) is 31.8 Å². The van der Waals surface area contributed by atoms with Crippen LogP contribution in [0, 0.1) is 12.8 Å². The fraction of sp³-hybridized carbons (Fsp3) is 0.467. The third-order valence-corrected chi connectivity index (χ3v) is 4.22. The van der Waals surface area contributed by atoms with Crippen LogP contribution in [0.5, 0.6) is 0 Å². The maximum Gasteiger partial charge on any atom is 0.391 e. The normalized spacial score (nSPS) is 17.2. The SMILES string of the molecule is Cc1cccn2ncc(C(=O)N3CCC(C(F)(F)F)CC3)c12. The number of carbonyl (C=O) groups is 1. The van der Waals surface area contributed by atoms with Crippen molar-refractivity contribution in [2.75, 3.05) is 13.1 Å². The molecule has 4 nitrogen and oxygen atoms in total. The molecule has 1 aliphatic heterocycles. The van der Waals surface area contributed by atoms with Crippen LogP contribution in [0.2, 0.25) is 0 Å². The lowest BCUT2D eigenvalue weighted by Crippen LogP contribution is -2.42. The van der Waals surface area contributed by atoms with Crippen LogP contribution < -0.4 is 0 Å². The van der Waals surface area contributed by atoms with Crippen LogP contribution in [0.3, 0.4) is 0 Å². The topological polar surface area (TPSA) is 37.6 Å². The molecule has 0 spiro atoms. The van der Waals surface area contributed by atoms with Gasteiger partial charge in [-0.1, -0.05) is 6.07 Å². The molecule has 1 fully saturated rings. The van der Waals surface area contributed by atoms with Gasteiger partial charge in [0.05, 0.1) is 23.2 Å². The molecule has 0 aromatic carbocycles. The van der Waals surface area contributed by atoms with E-state index in [1.807, 2.05) is 19.1 Å². The molecule has 22 heavy (non-hydrogen) atoms. The lowest BCUT2D eigenvalue weighted by Gasteiger charge is -2.32. The molecule has 2 aromatic heterocycles. The highest BCUT2D eigenvalue weighted by molar-refractivity contribution is 6.01. The summed E-state index contributed by atoms with van der Waals surface area (Å²) in [7, 11) is 0. The molecule has 0 N–H and O–H groups in total. The summed E-state index contributed by atoms with van der Waals surface area (Å²) in [6.45, 7) is 2.14. The van der Waals surface area contributed by atoms with Gasteiger partial charge in [-0.05, 0) is 31.4 Å². The number of halogens is 3. The Morgan fingerprint density at radius 1 is 1.32 bits per heavy atom. The Hall–Kier alpha value is -2.05. The van der Waals surface area contributed by atoms with Gasteiger partial charge >= 0.3 is 6.18 Å². The number of rotatable bonds is 1. The van der Waals surface area contributed by atoms with Gasteiger partial charge in [0.1, 0.15) is 0 Å². The van der Waals surface area contributed by atoms with Crippen molar-refractivity contribution in [1.29, 1.82) is 0 Å². The predicted molar refractivity (Wildman–Crippen MR) is 74.6 cm³/mol. The fourth-order valence-electron chi connectivity index (χ4n) is 2.95. The zero-order valence-electron chi connectivity index (χ0n) is 12.1. The predicted octanol–water partition coefficient (Wildman–Crippen LogP) is 3.06. The third-order valence-electron chi connectivity index (χ3n) is 4.22. The molecule has 0 aliphatic carbocycles. The molecule has 3 rings (SSSR count). The lowest BCUT2D eigenvalue weighted by molar-refractivity contribution is -0.183. The minimum atomic E-state index is -4.17. The summed E-state index contributed by atoms with van der Waals surface area (Å²) in [6.07, 6.45) is -1.01. The molecule has 0 atom stereocenters. The summed E-state index contributed by atoms with van der Waals surface area (Å²) >= 11 is 0. The zero-order valence-corrected chi connectivity index (χ0v) is 12.1. The first kappa shape index (κ1) is 14.9. The monoisotopic (exact) mass is 311 g/mol. The molecular formula is C15H16F3N3O. The van der Waals surface area contributed by atoms with Crippen LogP contribution >= 0.6 is 0 Å². The third kappa shape index (κ3) is 2.55. The standard InChI is InChI=1S/C15H16F3N3O/c1-10-3-2-6-21-13(10)12(9-19-21)14(22)20-7-4-11(5-8-20)15(16,17)18/h2-3,6,9,11H,4-5,7-8H2,1H3. The first-order valence-electron chi connectivity index (χ1n) is 7.17. The lowest BCUT2D eigenvalue weighted by atomic mass is 9.96. The molecular weight excluding hydrogens is 295 g/mol. The first-order chi connectivity index (χ1) is 10.4. The summed E-state index contributed by atoms with van der Waals surface area (Å²) in [5.74, 6) is -1.55. The molecule has 1 aliphatic rings. The number of amides is 1. The Morgan fingerprint density at radius 3 is 2.64 bits per heavy atom. The fourth-order valence-corrected chi connectivity index (χ4v) is 2.95. The number of carbonyl (C=O) groups excluding carboxylic acids is 1. The van der Waals surface area contributed by atoms with Crippen molar-refractivity contribution in [3.63, 3.8) is 0 Å². The van der Waals surface area contributed by atoms with Gasteiger partial charge < -0.3 is 4.90 Å². The van der Waals surface area contributed by atoms with Gasteiger partial charge in [0.25, 0.3) is 5.91 Å². The summed E-state index contributed by atoms with van der Waals surface area (Å²) in [4.78, 5) is 14.1. The summed E-state index contributed by atoms with van der Waals surface area (Å²) < 4.78 is 39.7. The van der Waals surface area contributed by atoms with Crippen LogP contribution in [0.4, 0.5) is 13.2 Å². The summed E-state index contributed by atoms with van der Waals surface area (Å²) in [6, 6.07) is 3.71. The van der Waals surface area contributed by atoms with E-state index in [2.05, 4.69) is 5.10 Å². The molecule has 0 radical (unpaired) electrons. The molecule has 2 aromatic rings. The average Bonchev–Trinajstić information content (AvgIpc) is 2.91. The van der Waals surface area contributed by atoms with E-state index < -0.39 is 12.1 Å². The Labute approximate surface area is 125 Å². The van der Waals surface area contributed by atoms with Crippen LogP contribution in [0.1, 0.15) is 28.8 Å². The molecule has 3 heterocycles. The van der Waals surface area contributed by atoms with Crippen molar-refractivity contribution < 1.29 is 18.0 Å². The van der Waals surface area contributed by atoms with E-state index in [0.717, 1.165) is 5.56 Å². The number of likely N-dealkylation sites (tertiary alicyclic amines) is 1. The van der Waals surface area contributed by atoms with E-state index >= 15 is 0 Å². The van der Waals surface area contributed by atoms with Gasteiger partial charge in [0.2, 0.25) is 0 Å². The van der Waals surface area contributed by atoms with Crippen molar-refractivity contribution in [2.24, 2.45) is 5.92 Å². The highest BCUT2D eigenvalue weighted by Gasteiger charge is 2.41. The van der Waals surface area contributed by atoms with Gasteiger partial charge in [-0.15, -0.1) is 0 Å². The van der Waals surface area contributed by atoms with Crippen LogP contribution in [0.25, 0.3) is 5.52 Å². The Bertz CT molecular complexity index is 700. The van der Waals surface area contributed by atoms with Crippen LogP contribution in [-0.2, 0) is 0 Å². The molecule has 0 bridgehead atoms. The highest BCUT2D eigenvalue weighted by atomic mass is 19.4. The van der Waals surface area contributed by atoms with Crippen molar-refractivity contribution in [1.82, 2.24) is 14.5 Å². The largest absolute Gasteiger partial charge is 0.391 e. The number of alkyl halides is 3. The van der Waals surface area contributed by atoms with Crippen molar-refractivity contribution >= 4 is 11.4 Å². The van der Waals surface area contributed by atoms with Crippen molar-refractivity contribution in [3.8, 4) is 0 Å². The number of aromatic nitrogens is 2. The number of hydrogen-bond acceptors (Lipinski definition) is 2. The number of piperidine rings is 1. The van der Waals surface area contributed by atoms with E-state index in [4.69, 9.17) is 0 Å². The second-order valence-electron chi connectivity index (χ2n) is 5.65. The molecule has 7 heteroatoms. The maximum absolute atomic E-state index is 12.7. The number of aryl methyl sites for hydroxylation is 1. The van der Waals surface area contributed by atoms with Crippen molar-refractivity contribution in [2.45, 2.75) is 25.9 Å². The first-order valence-corrected chi connectivity index (χ1v) is 7.17. The molecule has 0 saturated carbocycles. The minimum absolute atomic E-state index is 0.0343. The van der Waals surface area contributed by atoms with Crippen LogP contribution in [-0.4, -0.2) is 39.7 Å². The average molecular weight is 311 g/mol. The number of nitrogens with zero attached hydrogens (tertiary/aromatic N) is 3. The second-order valence-corrected chi connectivity index (χ2v) is 5.65. The highest BCUT2D eigenvalue weighted by Crippen LogP contribution is 2.34. The Kier molecular flexibility index (Phi) is 3.58. The Morgan fingerprint density at radius 2 is 2.00 bits per heavy atom. The summed E-state index contributed by atoms with van der Waals surface area (Å²) in [5, 5.41) is 4.14. The van der Waals surface area contributed by atoms with Crippen LogP contribution in [0.15, 0.2) is 24.5 Å². The Balaban J connectivity index is 1.80. The van der Waals surface area contributed by atoms with E-state index in [1.165, 1.54) is 11.1 Å². The van der Waals surface area contributed by atoms with Gasteiger partial charge in [-0.2, -0.15) is 18.3 Å². The zero-order chi connectivity index (χ0) is 15.9. The quantitative estimate of drug-likeness (QED) is 0.812. The van der Waals surface area contributed by atoms with E-state index in [0.29, 0.717) is 11.1 Å². The maximum atomic E-state index is 12.7. The summed E-state index contributed by atoms with van der Waals surface area (Å²) in [5.41, 5.74) is 2.07. The number of pyridine rings is 1. The second kappa shape index (κ2) is 5.30. The van der Waals surface area contributed by atoms with Gasteiger partial charge in [0, 0.05) is 19.3 Å². The molecule has 0 unspecified atom stereocenters. The molecule has 118 valence electrons. The van der Waals surface area contributed by atoms with Gasteiger partial charge in [0.15, 0.2) is 0 Å². The molecule has 1 amide bonds. The smallest absolute Gasteiger partial charge is 0.339 e. The number of hydrogen-bond donors (Lipinski definition) is 0.